The molecular formula is C17H10Cl2N2O6S. The molecule has 0 aliphatic heterocycles. The summed E-state index contributed by atoms with van der Waals surface area (Å²) in [4.78, 5) is 22.3. The molecule has 2 aromatic carbocycles. The van der Waals surface area contributed by atoms with Crippen LogP contribution >= 0.6 is 23.2 Å². The lowest BCUT2D eigenvalue weighted by Gasteiger charge is -2.04. The van der Waals surface area contributed by atoms with E-state index < -0.39 is 25.8 Å². The van der Waals surface area contributed by atoms with E-state index in [4.69, 9.17) is 27.6 Å². The molecule has 1 aromatic heterocycles. The summed E-state index contributed by atoms with van der Waals surface area (Å²) in [6.07, 6.45) is 0. The van der Waals surface area contributed by atoms with E-state index in [0.29, 0.717) is 5.02 Å². The van der Waals surface area contributed by atoms with Crippen molar-refractivity contribution in [3.8, 4) is 0 Å². The smallest absolute Gasteiger partial charge is 0.291 e. The Morgan fingerprint density at radius 3 is 2.32 bits per heavy atom. The van der Waals surface area contributed by atoms with Gasteiger partial charge in [-0.3, -0.25) is 14.9 Å². The summed E-state index contributed by atoms with van der Waals surface area (Å²) < 4.78 is 30.3. The van der Waals surface area contributed by atoms with Crippen molar-refractivity contribution in [2.24, 2.45) is 0 Å². The Morgan fingerprint density at radius 2 is 1.71 bits per heavy atom. The molecule has 11 heteroatoms. The Labute approximate surface area is 168 Å². The van der Waals surface area contributed by atoms with Crippen LogP contribution in [0.25, 0.3) is 0 Å². The number of benzene rings is 2. The number of carbonyl (C=O) groups excluding carboxylic acids is 1. The number of hydrogen-bond donors (Lipinski definition) is 1. The zero-order valence-electron chi connectivity index (χ0n) is 13.8. The van der Waals surface area contributed by atoms with Gasteiger partial charge in [-0.15, -0.1) is 0 Å². The van der Waals surface area contributed by atoms with E-state index in [0.717, 1.165) is 12.1 Å². The Kier molecular flexibility index (Phi) is 5.41. The van der Waals surface area contributed by atoms with Gasteiger partial charge >= 0.3 is 0 Å². The van der Waals surface area contributed by atoms with Crippen molar-refractivity contribution in [1.29, 1.82) is 0 Å². The molecule has 0 aliphatic carbocycles. The molecule has 0 saturated carbocycles. The van der Waals surface area contributed by atoms with Crippen molar-refractivity contribution in [1.82, 2.24) is 0 Å². The fourth-order valence-corrected chi connectivity index (χ4v) is 3.79. The highest BCUT2D eigenvalue weighted by Crippen LogP contribution is 2.28. The molecule has 0 bridgehead atoms. The maximum atomic E-state index is 12.5. The Bertz CT molecular complexity index is 1170. The van der Waals surface area contributed by atoms with E-state index in [1.807, 2.05) is 0 Å². The van der Waals surface area contributed by atoms with Crippen molar-refractivity contribution in [2.45, 2.75) is 9.99 Å². The van der Waals surface area contributed by atoms with Crippen LogP contribution in [0.2, 0.25) is 10.0 Å². The van der Waals surface area contributed by atoms with E-state index in [1.54, 1.807) is 0 Å². The molecule has 0 radical (unpaired) electrons. The highest BCUT2D eigenvalue weighted by Gasteiger charge is 2.24. The van der Waals surface area contributed by atoms with Crippen LogP contribution in [-0.4, -0.2) is 19.2 Å². The van der Waals surface area contributed by atoms with E-state index >= 15 is 0 Å². The number of rotatable bonds is 5. The van der Waals surface area contributed by atoms with Gasteiger partial charge in [0.2, 0.25) is 14.9 Å². The van der Waals surface area contributed by atoms with Crippen molar-refractivity contribution >= 4 is 50.3 Å². The zero-order valence-corrected chi connectivity index (χ0v) is 16.1. The second kappa shape index (κ2) is 7.63. The van der Waals surface area contributed by atoms with Crippen LogP contribution in [0.5, 0.6) is 0 Å². The highest BCUT2D eigenvalue weighted by atomic mass is 35.5. The molecule has 0 aliphatic rings. The molecule has 1 heterocycles. The van der Waals surface area contributed by atoms with Crippen LogP contribution in [0.1, 0.15) is 10.6 Å². The molecule has 0 saturated heterocycles. The van der Waals surface area contributed by atoms with E-state index in [9.17, 15) is 23.3 Å². The van der Waals surface area contributed by atoms with Gasteiger partial charge in [-0.05, 0) is 48.5 Å². The number of anilines is 1. The monoisotopic (exact) mass is 440 g/mol. The number of nitrogens with zero attached hydrogens (tertiary/aromatic N) is 1. The normalized spacial score (nSPS) is 11.2. The molecule has 0 spiro atoms. The number of nitrogens with one attached hydrogen (secondary N) is 1. The summed E-state index contributed by atoms with van der Waals surface area (Å²) in [7, 11) is -3.96. The number of amides is 1. The Balaban J connectivity index is 1.82. The minimum absolute atomic E-state index is 0.0413. The van der Waals surface area contributed by atoms with E-state index in [-0.39, 0.29) is 27.1 Å². The number of hydrogen-bond acceptors (Lipinski definition) is 6. The standard InChI is InChI=1S/C17H10Cl2N2O6S/c18-10-1-4-12(5-2-10)28(25,26)16-8-7-15(27-16)17(22)20-11-3-6-14(21(23)24)13(19)9-11/h1-9H,(H,20,22). The number of carbonyl (C=O) groups is 1. The van der Waals surface area contributed by atoms with Crippen LogP contribution in [0, 0.1) is 10.1 Å². The number of furan rings is 1. The molecular weight excluding hydrogens is 431 g/mol. The molecule has 0 fully saturated rings. The summed E-state index contributed by atoms with van der Waals surface area (Å²) in [6, 6.07) is 11.5. The van der Waals surface area contributed by atoms with Gasteiger partial charge in [0.1, 0.15) is 5.02 Å². The molecule has 144 valence electrons. The minimum atomic E-state index is -3.96. The van der Waals surface area contributed by atoms with Crippen molar-refractivity contribution in [3.05, 3.63) is 80.5 Å². The average molecular weight is 441 g/mol. The van der Waals surface area contributed by atoms with Crippen LogP contribution in [0.15, 0.2) is 69.0 Å². The third-order valence-electron chi connectivity index (χ3n) is 3.60. The van der Waals surface area contributed by atoms with Gasteiger partial charge in [0, 0.05) is 16.8 Å². The van der Waals surface area contributed by atoms with E-state index in [2.05, 4.69) is 5.32 Å². The SMILES string of the molecule is O=C(Nc1ccc([N+](=O)[O-])c(Cl)c1)c1ccc(S(=O)(=O)c2ccc(Cl)cc2)o1. The maximum Gasteiger partial charge on any atom is 0.291 e. The summed E-state index contributed by atoms with van der Waals surface area (Å²) in [5.41, 5.74) is -0.131. The molecule has 1 amide bonds. The topological polar surface area (TPSA) is 120 Å². The highest BCUT2D eigenvalue weighted by molar-refractivity contribution is 7.91. The third-order valence-corrected chi connectivity index (χ3v) is 5.79. The molecule has 0 atom stereocenters. The first-order chi connectivity index (χ1) is 13.2. The first-order valence-corrected chi connectivity index (χ1v) is 9.78. The average Bonchev–Trinajstić information content (AvgIpc) is 3.13. The second-order valence-electron chi connectivity index (χ2n) is 5.45. The van der Waals surface area contributed by atoms with Crippen LogP contribution in [-0.2, 0) is 9.84 Å². The number of sulfone groups is 1. The van der Waals surface area contributed by atoms with Crippen molar-refractivity contribution in [2.75, 3.05) is 5.32 Å². The van der Waals surface area contributed by atoms with Gasteiger partial charge < -0.3 is 9.73 Å². The predicted molar refractivity (Wildman–Crippen MR) is 102 cm³/mol. The van der Waals surface area contributed by atoms with Gasteiger partial charge in [0.05, 0.1) is 9.82 Å². The van der Waals surface area contributed by atoms with Gasteiger partial charge in [-0.2, -0.15) is 0 Å². The number of nitro groups is 1. The third kappa shape index (κ3) is 4.01. The van der Waals surface area contributed by atoms with Gasteiger partial charge in [0.25, 0.3) is 11.6 Å². The minimum Gasteiger partial charge on any atom is -0.439 e. The molecule has 1 N–H and O–H groups in total. The molecule has 0 unspecified atom stereocenters. The lowest BCUT2D eigenvalue weighted by molar-refractivity contribution is -0.384. The zero-order chi connectivity index (χ0) is 20.5. The van der Waals surface area contributed by atoms with Crippen LogP contribution in [0.3, 0.4) is 0 Å². The van der Waals surface area contributed by atoms with Gasteiger partial charge in [0.15, 0.2) is 5.76 Å². The lowest BCUT2D eigenvalue weighted by atomic mass is 10.2. The fourth-order valence-electron chi connectivity index (χ4n) is 2.24. The lowest BCUT2D eigenvalue weighted by Crippen LogP contribution is -2.11. The number of halogens is 2. The summed E-state index contributed by atoms with van der Waals surface area (Å²) in [5, 5.41) is 13.0. The Morgan fingerprint density at radius 1 is 1.04 bits per heavy atom. The van der Waals surface area contributed by atoms with Crippen LogP contribution < -0.4 is 5.32 Å². The van der Waals surface area contributed by atoms with Gasteiger partial charge in [-0.25, -0.2) is 8.42 Å². The van der Waals surface area contributed by atoms with Gasteiger partial charge in [-0.1, -0.05) is 23.2 Å². The van der Waals surface area contributed by atoms with Crippen molar-refractivity contribution in [3.63, 3.8) is 0 Å². The summed E-state index contributed by atoms with van der Waals surface area (Å²) in [6.45, 7) is 0. The number of nitro benzene ring substituents is 1. The maximum absolute atomic E-state index is 12.5. The predicted octanol–water partition coefficient (Wildman–Crippen LogP) is 4.58. The first-order valence-electron chi connectivity index (χ1n) is 7.54. The fraction of sp³-hybridized carbons (Fsp3) is 0. The van der Waals surface area contributed by atoms with Crippen LogP contribution in [0.4, 0.5) is 11.4 Å². The molecule has 3 rings (SSSR count). The summed E-state index contributed by atoms with van der Waals surface area (Å²) >= 11 is 11.5. The molecule has 3 aromatic rings. The first kappa shape index (κ1) is 19.9. The van der Waals surface area contributed by atoms with E-state index in [1.165, 1.54) is 42.5 Å². The molecule has 8 nitrogen and oxygen atoms in total. The second-order valence-corrected chi connectivity index (χ2v) is 8.18. The largest absolute Gasteiger partial charge is 0.439 e. The Hall–Kier alpha value is -2.88. The molecule has 28 heavy (non-hydrogen) atoms. The summed E-state index contributed by atoms with van der Waals surface area (Å²) in [5.74, 6) is -1.01. The van der Waals surface area contributed by atoms with Crippen molar-refractivity contribution < 1.29 is 22.6 Å². The quantitative estimate of drug-likeness (QED) is 0.457.